The molecule has 0 fully saturated rings. The van der Waals surface area contributed by atoms with Gasteiger partial charge in [-0.1, -0.05) is 17.3 Å². The monoisotopic (exact) mass is 229 g/mol. The molecule has 0 amide bonds. The minimum absolute atomic E-state index is 0.492. The molecule has 2 heterocycles. The van der Waals surface area contributed by atoms with Crippen LogP contribution in [0.5, 0.6) is 0 Å². The number of rotatable bonds is 3. The molecule has 1 N–H and O–H groups in total. The summed E-state index contributed by atoms with van der Waals surface area (Å²) in [5, 5.41) is 6.94. The Kier molecular flexibility index (Phi) is 2.29. The number of anilines is 1. The second-order valence-electron chi connectivity index (χ2n) is 3.77. The summed E-state index contributed by atoms with van der Waals surface area (Å²) in [5.41, 5.74) is 2.43. The molecule has 0 saturated heterocycles. The number of nitrogens with one attached hydrogen (secondary N) is 1. The first kappa shape index (κ1) is 9.89. The van der Waals surface area contributed by atoms with Crippen molar-refractivity contribution in [1.29, 1.82) is 0 Å². The second-order valence-corrected chi connectivity index (χ2v) is 3.77. The summed E-state index contributed by atoms with van der Waals surface area (Å²) in [6.07, 6.45) is 0. The van der Waals surface area contributed by atoms with Gasteiger partial charge in [-0.25, -0.2) is 0 Å². The zero-order valence-electron chi connectivity index (χ0n) is 9.30. The van der Waals surface area contributed by atoms with Crippen molar-refractivity contribution in [3.63, 3.8) is 0 Å². The number of para-hydroxylation sites is 2. The van der Waals surface area contributed by atoms with Gasteiger partial charge < -0.3 is 14.3 Å². The third-order valence-electron chi connectivity index (χ3n) is 2.39. The van der Waals surface area contributed by atoms with E-state index in [4.69, 9.17) is 8.94 Å². The number of benzene rings is 1. The van der Waals surface area contributed by atoms with Crippen molar-refractivity contribution in [2.45, 2.75) is 13.5 Å². The highest BCUT2D eigenvalue weighted by atomic mass is 16.5. The van der Waals surface area contributed by atoms with Gasteiger partial charge in [0.05, 0.1) is 6.54 Å². The molecule has 86 valence electrons. The third kappa shape index (κ3) is 1.99. The molecule has 0 spiro atoms. The molecule has 5 nitrogen and oxygen atoms in total. The maximum Gasteiger partial charge on any atom is 0.296 e. The van der Waals surface area contributed by atoms with Gasteiger partial charge in [-0.05, 0) is 19.1 Å². The highest BCUT2D eigenvalue weighted by Crippen LogP contribution is 2.18. The van der Waals surface area contributed by atoms with Crippen LogP contribution in [0.15, 0.2) is 39.3 Å². The van der Waals surface area contributed by atoms with E-state index in [1.165, 1.54) is 0 Å². The average Bonchev–Trinajstić information content (AvgIpc) is 2.91. The zero-order chi connectivity index (χ0) is 11.7. The first-order chi connectivity index (χ1) is 8.31. The lowest BCUT2D eigenvalue weighted by atomic mass is 10.3. The van der Waals surface area contributed by atoms with Crippen LogP contribution in [0.25, 0.3) is 11.1 Å². The zero-order valence-corrected chi connectivity index (χ0v) is 9.30. The molecule has 3 aromatic rings. The van der Waals surface area contributed by atoms with Gasteiger partial charge >= 0.3 is 0 Å². The minimum atomic E-state index is 0.492. The second kappa shape index (κ2) is 3.93. The Morgan fingerprint density at radius 3 is 2.94 bits per heavy atom. The van der Waals surface area contributed by atoms with E-state index >= 15 is 0 Å². The van der Waals surface area contributed by atoms with Crippen molar-refractivity contribution in [3.8, 4) is 0 Å². The standard InChI is InChI=1S/C12H11N3O2/c1-8-6-9(15-17-8)7-13-12-14-10-4-2-3-5-11(10)16-12/h2-6H,7H2,1H3,(H,13,14). The average molecular weight is 229 g/mol. The normalized spacial score (nSPS) is 10.9. The smallest absolute Gasteiger partial charge is 0.296 e. The summed E-state index contributed by atoms with van der Waals surface area (Å²) in [6.45, 7) is 2.39. The summed E-state index contributed by atoms with van der Waals surface area (Å²) < 4.78 is 10.5. The first-order valence-electron chi connectivity index (χ1n) is 5.33. The van der Waals surface area contributed by atoms with Crippen molar-refractivity contribution < 1.29 is 8.94 Å². The fourth-order valence-electron chi connectivity index (χ4n) is 1.62. The predicted molar refractivity (Wildman–Crippen MR) is 62.6 cm³/mol. The van der Waals surface area contributed by atoms with Crippen LogP contribution in [0.3, 0.4) is 0 Å². The molecule has 3 rings (SSSR count). The van der Waals surface area contributed by atoms with Crippen LogP contribution in [0.4, 0.5) is 6.01 Å². The minimum Gasteiger partial charge on any atom is -0.424 e. The Labute approximate surface area is 97.4 Å². The van der Waals surface area contributed by atoms with E-state index in [0.717, 1.165) is 22.6 Å². The summed E-state index contributed by atoms with van der Waals surface area (Å²) in [4.78, 5) is 4.30. The van der Waals surface area contributed by atoms with Crippen LogP contribution in [0, 0.1) is 6.92 Å². The molecule has 1 aromatic carbocycles. The van der Waals surface area contributed by atoms with E-state index in [9.17, 15) is 0 Å². The highest BCUT2D eigenvalue weighted by Gasteiger charge is 2.05. The van der Waals surface area contributed by atoms with Crippen LogP contribution in [0.2, 0.25) is 0 Å². The third-order valence-corrected chi connectivity index (χ3v) is 2.39. The summed E-state index contributed by atoms with van der Waals surface area (Å²) in [7, 11) is 0. The van der Waals surface area contributed by atoms with Gasteiger partial charge in [0.15, 0.2) is 5.58 Å². The molecule has 0 aliphatic rings. The van der Waals surface area contributed by atoms with Gasteiger partial charge in [-0.15, -0.1) is 0 Å². The van der Waals surface area contributed by atoms with Gasteiger partial charge in [0.2, 0.25) is 0 Å². The Hall–Kier alpha value is -2.30. The van der Waals surface area contributed by atoms with E-state index < -0.39 is 0 Å². The number of hydrogen-bond acceptors (Lipinski definition) is 5. The number of aromatic nitrogens is 2. The van der Waals surface area contributed by atoms with Crippen molar-refractivity contribution in [2.75, 3.05) is 5.32 Å². The molecule has 0 radical (unpaired) electrons. The SMILES string of the molecule is Cc1cc(CNc2nc3ccccc3o2)no1. The summed E-state index contributed by atoms with van der Waals surface area (Å²) in [5.74, 6) is 0.791. The van der Waals surface area contributed by atoms with Crippen LogP contribution in [-0.2, 0) is 6.54 Å². The lowest BCUT2D eigenvalue weighted by Gasteiger charge is -1.95. The summed E-state index contributed by atoms with van der Waals surface area (Å²) >= 11 is 0. The Bertz CT molecular complexity index is 609. The molecule has 0 atom stereocenters. The van der Waals surface area contributed by atoms with Crippen LogP contribution in [-0.4, -0.2) is 10.1 Å². The molecule has 17 heavy (non-hydrogen) atoms. The number of hydrogen-bond donors (Lipinski definition) is 1. The van der Waals surface area contributed by atoms with Gasteiger partial charge in [-0.2, -0.15) is 4.98 Å². The molecular weight excluding hydrogens is 218 g/mol. The van der Waals surface area contributed by atoms with Gasteiger partial charge in [0.1, 0.15) is 17.0 Å². The molecule has 5 heteroatoms. The molecule has 0 unspecified atom stereocenters. The van der Waals surface area contributed by atoms with E-state index in [0.29, 0.717) is 12.6 Å². The molecule has 0 aliphatic heterocycles. The quantitative estimate of drug-likeness (QED) is 0.748. The summed E-state index contributed by atoms with van der Waals surface area (Å²) in [6, 6.07) is 9.99. The first-order valence-corrected chi connectivity index (χ1v) is 5.33. The van der Waals surface area contributed by atoms with Crippen molar-refractivity contribution in [1.82, 2.24) is 10.1 Å². The molecule has 0 aliphatic carbocycles. The van der Waals surface area contributed by atoms with Gasteiger partial charge in [-0.3, -0.25) is 0 Å². The van der Waals surface area contributed by atoms with Crippen LogP contribution in [0.1, 0.15) is 11.5 Å². The van der Waals surface area contributed by atoms with Crippen LogP contribution >= 0.6 is 0 Å². The fourth-order valence-corrected chi connectivity index (χ4v) is 1.62. The predicted octanol–water partition coefficient (Wildman–Crippen LogP) is 2.74. The van der Waals surface area contributed by atoms with E-state index in [1.54, 1.807) is 0 Å². The highest BCUT2D eigenvalue weighted by molar-refractivity contribution is 5.74. The Balaban J connectivity index is 1.76. The molecule has 0 saturated carbocycles. The molecular formula is C12H11N3O2. The van der Waals surface area contributed by atoms with Crippen molar-refractivity contribution in [2.24, 2.45) is 0 Å². The topological polar surface area (TPSA) is 64.1 Å². The maximum absolute atomic E-state index is 5.52. The van der Waals surface area contributed by atoms with E-state index in [-0.39, 0.29) is 0 Å². The number of fused-ring (bicyclic) bond motifs is 1. The Morgan fingerprint density at radius 2 is 2.18 bits per heavy atom. The molecule has 0 bridgehead atoms. The number of nitrogens with zero attached hydrogens (tertiary/aromatic N) is 2. The Morgan fingerprint density at radius 1 is 1.29 bits per heavy atom. The van der Waals surface area contributed by atoms with Gasteiger partial charge in [0.25, 0.3) is 6.01 Å². The van der Waals surface area contributed by atoms with Crippen molar-refractivity contribution in [3.05, 3.63) is 41.8 Å². The number of oxazole rings is 1. The molecule has 2 aromatic heterocycles. The lowest BCUT2D eigenvalue weighted by molar-refractivity contribution is 0.391. The number of aryl methyl sites for hydroxylation is 1. The van der Waals surface area contributed by atoms with Gasteiger partial charge in [0, 0.05) is 6.07 Å². The van der Waals surface area contributed by atoms with Crippen molar-refractivity contribution >= 4 is 17.1 Å². The maximum atomic E-state index is 5.52. The lowest BCUT2D eigenvalue weighted by Crippen LogP contribution is -1.99. The van der Waals surface area contributed by atoms with Crippen LogP contribution < -0.4 is 5.32 Å². The largest absolute Gasteiger partial charge is 0.424 e. The fraction of sp³-hybridized carbons (Fsp3) is 0.167. The van der Waals surface area contributed by atoms with E-state index in [2.05, 4.69) is 15.5 Å². The van der Waals surface area contributed by atoms with E-state index in [1.807, 2.05) is 37.3 Å².